The van der Waals surface area contributed by atoms with Crippen molar-refractivity contribution in [3.8, 4) is 0 Å². The predicted molar refractivity (Wildman–Crippen MR) is 247 cm³/mol. The van der Waals surface area contributed by atoms with Gasteiger partial charge in [0, 0.05) is 44.9 Å². The number of aliphatic imine (C=N–C) groups is 1. The molecular formula is C48H100N2O6. The first-order valence-corrected chi connectivity index (χ1v) is 23.5. The fourth-order valence-corrected chi connectivity index (χ4v) is 5.02. The molecular weight excluding hydrogens is 701 g/mol. The molecule has 2 atom stereocenters. The number of hydrogen-bond acceptors (Lipinski definition) is 8. The maximum Gasteiger partial charge on any atom is 0.305 e. The Kier molecular flexibility index (Phi) is 75.4. The molecule has 0 bridgehead atoms. The monoisotopic (exact) mass is 801 g/mol. The minimum atomic E-state index is -0.105. The third-order valence-electron chi connectivity index (χ3n) is 8.60. The van der Waals surface area contributed by atoms with Crippen molar-refractivity contribution in [1.29, 1.82) is 0 Å². The van der Waals surface area contributed by atoms with E-state index in [1.165, 1.54) is 89.9 Å². The van der Waals surface area contributed by atoms with Crippen molar-refractivity contribution in [3.63, 3.8) is 0 Å². The average molecular weight is 801 g/mol. The van der Waals surface area contributed by atoms with Crippen LogP contribution in [0, 0.1) is 11.8 Å². The summed E-state index contributed by atoms with van der Waals surface area (Å²) >= 11 is 0. The average Bonchev–Trinajstić information content (AvgIpc) is 3.23. The lowest BCUT2D eigenvalue weighted by atomic mass is 9.94. The normalized spacial score (nSPS) is 11.0. The van der Waals surface area contributed by atoms with Gasteiger partial charge in [-0.05, 0) is 50.9 Å². The van der Waals surface area contributed by atoms with Crippen LogP contribution in [-0.2, 0) is 28.6 Å². The topological polar surface area (TPSA) is 103 Å². The molecule has 0 aromatic carbocycles. The van der Waals surface area contributed by atoms with Gasteiger partial charge in [0.05, 0.1) is 19.8 Å². The molecule has 0 amide bonds. The molecule has 0 saturated heterocycles. The Morgan fingerprint density at radius 1 is 0.518 bits per heavy atom. The van der Waals surface area contributed by atoms with Crippen LogP contribution in [0.5, 0.6) is 0 Å². The van der Waals surface area contributed by atoms with E-state index in [0.717, 1.165) is 38.5 Å². The molecule has 0 saturated carbocycles. The van der Waals surface area contributed by atoms with Crippen LogP contribution in [0.3, 0.4) is 0 Å². The van der Waals surface area contributed by atoms with Crippen LogP contribution in [0.15, 0.2) is 17.4 Å². The van der Waals surface area contributed by atoms with Gasteiger partial charge >= 0.3 is 17.9 Å². The second kappa shape index (κ2) is 64.5. The molecule has 56 heavy (non-hydrogen) atoms. The third-order valence-corrected chi connectivity index (χ3v) is 8.60. The summed E-state index contributed by atoms with van der Waals surface area (Å²) in [5.41, 5.74) is 0. The summed E-state index contributed by atoms with van der Waals surface area (Å²) < 4.78 is 15.2. The van der Waals surface area contributed by atoms with Gasteiger partial charge in [-0.2, -0.15) is 0 Å². The number of carbonyl (C=O) groups excluding carboxylic acids is 3. The van der Waals surface area contributed by atoms with E-state index < -0.39 is 0 Å². The zero-order chi connectivity index (χ0) is 43.9. The Hall–Kier alpha value is -2.38. The highest BCUT2D eigenvalue weighted by molar-refractivity contribution is 5.69. The van der Waals surface area contributed by atoms with Crippen molar-refractivity contribution in [2.24, 2.45) is 16.8 Å². The van der Waals surface area contributed by atoms with Crippen molar-refractivity contribution < 1.29 is 28.6 Å². The summed E-state index contributed by atoms with van der Waals surface area (Å²) in [6.45, 7) is 28.7. The summed E-state index contributed by atoms with van der Waals surface area (Å²) in [6.07, 6.45) is 30.5. The number of nitrogens with one attached hydrogen (secondary N) is 1. The predicted octanol–water partition coefficient (Wildman–Crippen LogP) is 14.8. The Labute approximate surface area is 351 Å². The zero-order valence-corrected chi connectivity index (χ0v) is 40.2. The van der Waals surface area contributed by atoms with Gasteiger partial charge in [0.1, 0.15) is 0 Å². The molecule has 0 aromatic heterocycles. The standard InChI is InChI=1S/C18H36O2.C15H30O2.C6H12O2.C5H10N2.2C2H6/c1-4-7-9-10-12-16-20-18(19)15-14-17(6-3)13-11-8-5-2;1-4-7-9-13-17-15(16)12-11-14(6-3)10-8-5-2;1-3-5-8-6(7)4-2;1-3-7-5-4-6-2;2*1-2/h17H,4-16H2,1-3H3;14H,4-13H2,1-3H3;3-5H2,1-2H3;3-6H,1-2H3;2*1-2H3/b;;;5-4-,7-3?;;. The van der Waals surface area contributed by atoms with Crippen molar-refractivity contribution >= 4 is 24.1 Å². The first-order chi connectivity index (χ1) is 27.2. The molecule has 2 unspecified atom stereocenters. The Morgan fingerprint density at radius 2 is 0.929 bits per heavy atom. The number of nitrogens with zero attached hydrogens (tertiary/aromatic N) is 1. The minimum absolute atomic E-state index is 0.00366. The molecule has 8 nitrogen and oxygen atoms in total. The van der Waals surface area contributed by atoms with Gasteiger partial charge < -0.3 is 19.5 Å². The smallest absolute Gasteiger partial charge is 0.305 e. The first-order valence-electron chi connectivity index (χ1n) is 23.5. The second-order valence-electron chi connectivity index (χ2n) is 13.4. The van der Waals surface area contributed by atoms with Crippen molar-refractivity contribution in [3.05, 3.63) is 12.4 Å². The van der Waals surface area contributed by atoms with Gasteiger partial charge in [-0.1, -0.05) is 179 Å². The molecule has 0 rings (SSSR count). The molecule has 8 heteroatoms. The highest BCUT2D eigenvalue weighted by atomic mass is 16.5. The highest BCUT2D eigenvalue weighted by Crippen LogP contribution is 2.20. The second-order valence-corrected chi connectivity index (χ2v) is 13.4. The van der Waals surface area contributed by atoms with Gasteiger partial charge in [-0.15, -0.1) is 0 Å². The van der Waals surface area contributed by atoms with Crippen LogP contribution in [0.25, 0.3) is 0 Å². The lowest BCUT2D eigenvalue weighted by molar-refractivity contribution is -0.145. The summed E-state index contributed by atoms with van der Waals surface area (Å²) in [4.78, 5) is 37.3. The van der Waals surface area contributed by atoms with E-state index in [0.29, 0.717) is 50.9 Å². The van der Waals surface area contributed by atoms with E-state index >= 15 is 0 Å². The molecule has 0 heterocycles. The molecule has 0 aliphatic heterocycles. The summed E-state index contributed by atoms with van der Waals surface area (Å²) in [5, 5.41) is 2.81. The van der Waals surface area contributed by atoms with Crippen LogP contribution >= 0.6 is 0 Å². The van der Waals surface area contributed by atoms with E-state index in [9.17, 15) is 14.4 Å². The Morgan fingerprint density at radius 3 is 1.34 bits per heavy atom. The van der Waals surface area contributed by atoms with Crippen LogP contribution in [0.1, 0.15) is 238 Å². The van der Waals surface area contributed by atoms with Crippen molar-refractivity contribution in [2.45, 2.75) is 238 Å². The van der Waals surface area contributed by atoms with E-state index in [1.807, 2.05) is 48.6 Å². The Bertz CT molecular complexity index is 788. The van der Waals surface area contributed by atoms with Gasteiger partial charge in [0.25, 0.3) is 0 Å². The maximum atomic E-state index is 11.7. The SMILES string of the molecule is CC.CC.CC=N/C=C\NC.CCCCCCCOC(=O)CCC(CC)CCCCC.CCCCCOC(=O)CCC(CC)CCCC.CCCOC(=O)CC. The number of rotatable bonds is 30. The molecule has 0 fully saturated rings. The van der Waals surface area contributed by atoms with Gasteiger partial charge in [-0.3, -0.25) is 19.4 Å². The molecule has 0 aliphatic rings. The number of unbranched alkanes of at least 4 members (excludes halogenated alkanes) is 9. The molecule has 0 radical (unpaired) electrons. The largest absolute Gasteiger partial charge is 0.466 e. The van der Waals surface area contributed by atoms with Crippen molar-refractivity contribution in [1.82, 2.24) is 5.32 Å². The Balaban J connectivity index is -0.000000155. The molecule has 1 N–H and O–H groups in total. The van der Waals surface area contributed by atoms with Gasteiger partial charge in [0.2, 0.25) is 0 Å². The number of ether oxygens (including phenoxy) is 3. The lowest BCUT2D eigenvalue weighted by Gasteiger charge is -2.14. The van der Waals surface area contributed by atoms with Crippen molar-refractivity contribution in [2.75, 3.05) is 26.9 Å². The fourth-order valence-electron chi connectivity index (χ4n) is 5.02. The zero-order valence-electron chi connectivity index (χ0n) is 40.2. The van der Waals surface area contributed by atoms with Crippen LogP contribution in [0.2, 0.25) is 0 Å². The van der Waals surface area contributed by atoms with E-state index in [4.69, 9.17) is 14.2 Å². The molecule has 0 aromatic rings. The summed E-state index contributed by atoms with van der Waals surface area (Å²) in [5.74, 6) is 1.31. The summed E-state index contributed by atoms with van der Waals surface area (Å²) in [7, 11) is 1.84. The van der Waals surface area contributed by atoms with Gasteiger partial charge in [-0.25, -0.2) is 0 Å². The van der Waals surface area contributed by atoms with E-state index in [-0.39, 0.29) is 17.9 Å². The van der Waals surface area contributed by atoms with E-state index in [1.54, 1.807) is 25.5 Å². The van der Waals surface area contributed by atoms with Crippen LogP contribution in [0.4, 0.5) is 0 Å². The first kappa shape index (κ1) is 65.5. The number of esters is 3. The van der Waals surface area contributed by atoms with Gasteiger partial charge in [0.15, 0.2) is 0 Å². The number of hydrogen-bond donors (Lipinski definition) is 1. The quantitative estimate of drug-likeness (QED) is 0.0334. The molecule has 0 aliphatic carbocycles. The number of carbonyl (C=O) groups is 3. The fraction of sp³-hybridized carbons (Fsp3) is 0.875. The maximum absolute atomic E-state index is 11.7. The van der Waals surface area contributed by atoms with E-state index in [2.05, 4.69) is 51.9 Å². The lowest BCUT2D eigenvalue weighted by Crippen LogP contribution is -2.09. The molecule has 338 valence electrons. The van der Waals surface area contributed by atoms with Crippen LogP contribution in [-0.4, -0.2) is 51.0 Å². The highest BCUT2D eigenvalue weighted by Gasteiger charge is 2.11. The summed E-state index contributed by atoms with van der Waals surface area (Å²) in [6, 6.07) is 0. The minimum Gasteiger partial charge on any atom is -0.466 e. The third kappa shape index (κ3) is 66.4. The van der Waals surface area contributed by atoms with Crippen LogP contribution < -0.4 is 5.32 Å². The molecule has 0 spiro atoms.